The Morgan fingerprint density at radius 3 is 2.77 bits per heavy atom. The number of thiophene rings is 1. The van der Waals surface area contributed by atoms with E-state index in [4.69, 9.17) is 4.99 Å². The zero-order chi connectivity index (χ0) is 17.5. The number of hydrogen-bond acceptors (Lipinski definition) is 3. The van der Waals surface area contributed by atoms with Crippen LogP contribution in [0.1, 0.15) is 44.4 Å². The number of nitrogens with zero attached hydrogens (tertiary/aromatic N) is 3. The summed E-state index contributed by atoms with van der Waals surface area (Å²) in [6, 6.07) is 4.42. The Hall–Kier alpha value is -0.340. The molecule has 0 saturated carbocycles. The number of guanidine groups is 1. The number of rotatable bonds is 5. The van der Waals surface area contributed by atoms with Crippen LogP contribution in [-0.2, 0) is 6.54 Å². The molecule has 2 saturated heterocycles. The molecule has 1 unspecified atom stereocenters. The first kappa shape index (κ1) is 22.0. The summed E-state index contributed by atoms with van der Waals surface area (Å²) in [4.78, 5) is 11.6. The molecule has 3 rings (SSSR count). The van der Waals surface area contributed by atoms with Gasteiger partial charge >= 0.3 is 0 Å². The number of piperidine rings is 2. The molecule has 4 nitrogen and oxygen atoms in total. The number of halogens is 1. The highest BCUT2D eigenvalue weighted by atomic mass is 127. The summed E-state index contributed by atoms with van der Waals surface area (Å²) in [6.45, 7) is 12.3. The molecule has 6 heteroatoms. The zero-order valence-electron chi connectivity index (χ0n) is 16.3. The zero-order valence-corrected chi connectivity index (χ0v) is 19.5. The van der Waals surface area contributed by atoms with Gasteiger partial charge in [-0.1, -0.05) is 13.0 Å². The second kappa shape index (κ2) is 11.5. The monoisotopic (exact) mass is 490 g/mol. The van der Waals surface area contributed by atoms with Crippen molar-refractivity contribution in [3.63, 3.8) is 0 Å². The first-order chi connectivity index (χ1) is 12.2. The lowest BCUT2D eigenvalue weighted by atomic mass is 9.98. The van der Waals surface area contributed by atoms with Gasteiger partial charge in [0, 0.05) is 44.1 Å². The van der Waals surface area contributed by atoms with Crippen LogP contribution in [0.4, 0.5) is 0 Å². The van der Waals surface area contributed by atoms with Crippen molar-refractivity contribution >= 4 is 41.3 Å². The predicted molar refractivity (Wildman–Crippen MR) is 124 cm³/mol. The molecular weight excluding hydrogens is 455 g/mol. The minimum absolute atomic E-state index is 0. The van der Waals surface area contributed by atoms with Crippen molar-refractivity contribution in [3.8, 4) is 0 Å². The standard InChI is InChI=1S/C20H34N4S.HI/c1-3-21-20(24-11-8-17(2)9-12-24)22-14-18-6-4-10-23(15-18)16-19-7-5-13-25-19;/h5,7,13,17-18H,3-4,6,8-12,14-16H2,1-2H3,(H,21,22);1H. The SMILES string of the molecule is CCNC(=NCC1CCCN(Cc2cccs2)C1)N1CCC(C)CC1.I. The molecule has 0 aliphatic carbocycles. The van der Waals surface area contributed by atoms with Crippen LogP contribution < -0.4 is 5.32 Å². The Morgan fingerprint density at radius 2 is 2.08 bits per heavy atom. The van der Waals surface area contributed by atoms with Crippen molar-refractivity contribution in [2.24, 2.45) is 16.8 Å². The highest BCUT2D eigenvalue weighted by Gasteiger charge is 2.22. The van der Waals surface area contributed by atoms with E-state index >= 15 is 0 Å². The van der Waals surface area contributed by atoms with Crippen LogP contribution in [0.15, 0.2) is 22.5 Å². The summed E-state index contributed by atoms with van der Waals surface area (Å²) >= 11 is 1.88. The van der Waals surface area contributed by atoms with E-state index in [0.717, 1.165) is 44.6 Å². The molecule has 2 fully saturated rings. The lowest BCUT2D eigenvalue weighted by Gasteiger charge is -2.34. The number of hydrogen-bond donors (Lipinski definition) is 1. The Balaban J connectivity index is 0.00000243. The van der Waals surface area contributed by atoms with Crippen LogP contribution in [0.5, 0.6) is 0 Å². The van der Waals surface area contributed by atoms with Gasteiger partial charge in [-0.3, -0.25) is 9.89 Å². The first-order valence-corrected chi connectivity index (χ1v) is 10.9. The van der Waals surface area contributed by atoms with Crippen LogP contribution in [0, 0.1) is 11.8 Å². The largest absolute Gasteiger partial charge is 0.357 e. The Bertz CT molecular complexity index is 526. The van der Waals surface area contributed by atoms with Crippen molar-refractivity contribution in [3.05, 3.63) is 22.4 Å². The molecule has 1 aromatic rings. The third-order valence-corrected chi connectivity index (χ3v) is 6.34. The number of nitrogens with one attached hydrogen (secondary N) is 1. The van der Waals surface area contributed by atoms with Crippen LogP contribution in [-0.4, -0.2) is 55.0 Å². The summed E-state index contributed by atoms with van der Waals surface area (Å²) in [5.74, 6) is 2.71. The van der Waals surface area contributed by atoms with Gasteiger partial charge in [-0.05, 0) is 62.4 Å². The maximum absolute atomic E-state index is 5.02. The van der Waals surface area contributed by atoms with Gasteiger partial charge in [0.05, 0.1) is 0 Å². The van der Waals surface area contributed by atoms with E-state index in [0.29, 0.717) is 5.92 Å². The quantitative estimate of drug-likeness (QED) is 0.380. The van der Waals surface area contributed by atoms with Crippen molar-refractivity contribution in [1.29, 1.82) is 0 Å². The predicted octanol–water partition coefficient (Wildman–Crippen LogP) is 4.28. The Morgan fingerprint density at radius 1 is 1.27 bits per heavy atom. The van der Waals surface area contributed by atoms with E-state index in [2.05, 4.69) is 46.5 Å². The molecule has 1 aromatic heterocycles. The van der Waals surface area contributed by atoms with Crippen molar-refractivity contribution in [2.75, 3.05) is 39.3 Å². The number of aliphatic imine (C=N–C) groups is 1. The highest BCUT2D eigenvalue weighted by Crippen LogP contribution is 2.21. The van der Waals surface area contributed by atoms with Gasteiger partial charge in [-0.2, -0.15) is 0 Å². The summed E-state index contributed by atoms with van der Waals surface area (Å²) < 4.78 is 0. The molecule has 0 spiro atoms. The summed E-state index contributed by atoms with van der Waals surface area (Å²) in [6.07, 6.45) is 5.22. The average Bonchev–Trinajstić information content (AvgIpc) is 3.13. The van der Waals surface area contributed by atoms with Crippen molar-refractivity contribution < 1.29 is 0 Å². The molecule has 2 aliphatic rings. The van der Waals surface area contributed by atoms with Crippen molar-refractivity contribution in [2.45, 2.75) is 46.1 Å². The summed E-state index contributed by atoms with van der Waals surface area (Å²) in [5, 5.41) is 5.70. The van der Waals surface area contributed by atoms with Crippen LogP contribution in [0.3, 0.4) is 0 Å². The minimum Gasteiger partial charge on any atom is -0.357 e. The first-order valence-electron chi connectivity index (χ1n) is 10.0. The highest BCUT2D eigenvalue weighted by molar-refractivity contribution is 14.0. The molecule has 26 heavy (non-hydrogen) atoms. The van der Waals surface area contributed by atoms with E-state index in [1.54, 1.807) is 0 Å². The maximum atomic E-state index is 5.02. The molecule has 148 valence electrons. The topological polar surface area (TPSA) is 30.9 Å². The van der Waals surface area contributed by atoms with E-state index in [1.807, 2.05) is 11.3 Å². The third-order valence-electron chi connectivity index (χ3n) is 5.48. The van der Waals surface area contributed by atoms with E-state index in [9.17, 15) is 0 Å². The van der Waals surface area contributed by atoms with E-state index in [-0.39, 0.29) is 24.0 Å². The van der Waals surface area contributed by atoms with Gasteiger partial charge in [0.15, 0.2) is 5.96 Å². The second-order valence-electron chi connectivity index (χ2n) is 7.69. The van der Waals surface area contributed by atoms with Gasteiger partial charge in [0.2, 0.25) is 0 Å². The molecule has 1 N–H and O–H groups in total. The van der Waals surface area contributed by atoms with E-state index < -0.39 is 0 Å². The van der Waals surface area contributed by atoms with E-state index in [1.165, 1.54) is 43.6 Å². The molecule has 0 radical (unpaired) electrons. The van der Waals surface area contributed by atoms with Gasteiger partial charge in [-0.25, -0.2) is 0 Å². The van der Waals surface area contributed by atoms with Gasteiger partial charge in [0.25, 0.3) is 0 Å². The second-order valence-corrected chi connectivity index (χ2v) is 8.72. The van der Waals surface area contributed by atoms with Crippen LogP contribution in [0.2, 0.25) is 0 Å². The van der Waals surface area contributed by atoms with Gasteiger partial charge in [0.1, 0.15) is 0 Å². The molecular formula is C20H35IN4S. The fourth-order valence-corrected chi connectivity index (χ4v) is 4.67. The van der Waals surface area contributed by atoms with Crippen LogP contribution >= 0.6 is 35.3 Å². The Kier molecular flexibility index (Phi) is 9.70. The smallest absolute Gasteiger partial charge is 0.193 e. The average molecular weight is 490 g/mol. The lowest BCUT2D eigenvalue weighted by Crippen LogP contribution is -2.46. The van der Waals surface area contributed by atoms with Gasteiger partial charge < -0.3 is 10.2 Å². The summed E-state index contributed by atoms with van der Waals surface area (Å²) in [5.41, 5.74) is 0. The Labute approximate surface area is 180 Å². The minimum atomic E-state index is 0. The van der Waals surface area contributed by atoms with Crippen molar-refractivity contribution in [1.82, 2.24) is 15.1 Å². The molecule has 3 heterocycles. The summed E-state index contributed by atoms with van der Waals surface area (Å²) in [7, 11) is 0. The van der Waals surface area contributed by atoms with Gasteiger partial charge in [-0.15, -0.1) is 35.3 Å². The molecule has 2 aliphatic heterocycles. The fourth-order valence-electron chi connectivity index (χ4n) is 3.93. The lowest BCUT2D eigenvalue weighted by molar-refractivity contribution is 0.172. The maximum Gasteiger partial charge on any atom is 0.193 e. The fraction of sp³-hybridized carbons (Fsp3) is 0.750. The number of likely N-dealkylation sites (tertiary alicyclic amines) is 2. The van der Waals surface area contributed by atoms with Crippen LogP contribution in [0.25, 0.3) is 0 Å². The molecule has 0 bridgehead atoms. The molecule has 0 aromatic carbocycles. The molecule has 0 amide bonds. The normalized spacial score (nSPS) is 22.9. The molecule has 1 atom stereocenters. The third kappa shape index (κ3) is 6.68.